The summed E-state index contributed by atoms with van der Waals surface area (Å²) in [5.74, 6) is 2.25. The lowest BCUT2D eigenvalue weighted by atomic mass is 9.83. The molecule has 182 valence electrons. The monoisotopic (exact) mass is 474 g/mol. The van der Waals surface area contributed by atoms with Crippen LogP contribution in [0.4, 0.5) is 11.6 Å². The first-order chi connectivity index (χ1) is 16.9. The van der Waals surface area contributed by atoms with Crippen molar-refractivity contribution in [2.24, 2.45) is 11.8 Å². The molecule has 1 saturated carbocycles. The normalized spacial score (nSPS) is 17.5. The van der Waals surface area contributed by atoms with Crippen LogP contribution in [0.5, 0.6) is 11.6 Å². The Morgan fingerprint density at radius 3 is 2.57 bits per heavy atom. The van der Waals surface area contributed by atoms with Crippen molar-refractivity contribution in [2.45, 2.75) is 59.5 Å². The number of pyridine rings is 1. The van der Waals surface area contributed by atoms with E-state index < -0.39 is 5.69 Å². The predicted molar refractivity (Wildman–Crippen MR) is 133 cm³/mol. The molecule has 9 heteroatoms. The van der Waals surface area contributed by atoms with Gasteiger partial charge < -0.3 is 10.1 Å². The average Bonchev–Trinajstić information content (AvgIpc) is 2.85. The van der Waals surface area contributed by atoms with Crippen LogP contribution >= 0.6 is 0 Å². The molecule has 1 N–H and O–H groups in total. The standard InChI is InChI=1S/C26H30N6O3/c1-4-31-25(33)30-24(32(26(31)34)16-19-10-8-17(2)9-11-19)29-20-12-13-22(18(3)14-20)35-23-7-5-6-21(15-27)28-23/h5-7,12-14,17,19H,4,8-11,16H2,1-3H3,(H,29,30,33). The molecule has 1 aliphatic rings. The Hall–Kier alpha value is -3.93. The SMILES string of the molecule is CCn1c(=O)nc(Nc2ccc(Oc3cccc(C#N)n3)c(C)c2)n(CC2CCC(C)CC2)c1=O. The van der Waals surface area contributed by atoms with E-state index in [1.807, 2.05) is 19.1 Å². The summed E-state index contributed by atoms with van der Waals surface area (Å²) >= 11 is 0. The van der Waals surface area contributed by atoms with Gasteiger partial charge in [0.1, 0.15) is 17.5 Å². The summed E-state index contributed by atoms with van der Waals surface area (Å²) in [5, 5.41) is 12.2. The lowest BCUT2D eigenvalue weighted by Crippen LogP contribution is -2.43. The van der Waals surface area contributed by atoms with E-state index in [-0.39, 0.29) is 23.9 Å². The molecule has 2 aromatic heterocycles. The minimum absolute atomic E-state index is 0.250. The minimum Gasteiger partial charge on any atom is -0.439 e. The molecule has 0 bridgehead atoms. The number of nitrogens with zero attached hydrogens (tertiary/aromatic N) is 5. The molecule has 1 aromatic carbocycles. The van der Waals surface area contributed by atoms with Crippen LogP contribution in [0.25, 0.3) is 0 Å². The number of nitriles is 1. The fourth-order valence-electron chi connectivity index (χ4n) is 4.45. The molecular weight excluding hydrogens is 444 g/mol. The second kappa shape index (κ2) is 10.6. The van der Waals surface area contributed by atoms with E-state index in [2.05, 4.69) is 22.2 Å². The highest BCUT2D eigenvalue weighted by Crippen LogP contribution is 2.30. The van der Waals surface area contributed by atoms with Gasteiger partial charge in [-0.15, -0.1) is 0 Å². The Bertz CT molecular complexity index is 1360. The lowest BCUT2D eigenvalue weighted by Gasteiger charge is -2.27. The van der Waals surface area contributed by atoms with Crippen molar-refractivity contribution >= 4 is 11.6 Å². The highest BCUT2D eigenvalue weighted by Gasteiger charge is 2.22. The van der Waals surface area contributed by atoms with Crippen LogP contribution in [0, 0.1) is 30.1 Å². The molecular formula is C26H30N6O3. The third kappa shape index (κ3) is 5.60. The largest absolute Gasteiger partial charge is 0.439 e. The Morgan fingerprint density at radius 2 is 1.89 bits per heavy atom. The zero-order valence-corrected chi connectivity index (χ0v) is 20.3. The molecule has 0 saturated heterocycles. The van der Waals surface area contributed by atoms with Crippen molar-refractivity contribution in [1.29, 1.82) is 5.26 Å². The molecule has 0 radical (unpaired) electrons. The maximum atomic E-state index is 13.1. The Labute approximate surface area is 204 Å². The van der Waals surface area contributed by atoms with Crippen molar-refractivity contribution < 1.29 is 4.74 Å². The van der Waals surface area contributed by atoms with Crippen LogP contribution in [0.2, 0.25) is 0 Å². The van der Waals surface area contributed by atoms with Crippen LogP contribution in [0.3, 0.4) is 0 Å². The zero-order chi connectivity index (χ0) is 24.9. The third-order valence-corrected chi connectivity index (χ3v) is 6.53. The van der Waals surface area contributed by atoms with Crippen molar-refractivity contribution in [2.75, 3.05) is 5.32 Å². The lowest BCUT2D eigenvalue weighted by molar-refractivity contribution is 0.260. The number of hydrogen-bond donors (Lipinski definition) is 1. The van der Waals surface area contributed by atoms with Gasteiger partial charge in [-0.05, 0) is 68.4 Å². The second-order valence-electron chi connectivity index (χ2n) is 9.16. The molecule has 0 amide bonds. The molecule has 0 aliphatic heterocycles. The predicted octanol–water partition coefficient (Wildman–Crippen LogP) is 4.36. The van der Waals surface area contributed by atoms with E-state index in [0.717, 1.165) is 31.2 Å². The Balaban J connectivity index is 1.60. The van der Waals surface area contributed by atoms with Crippen LogP contribution in [0.1, 0.15) is 50.8 Å². The van der Waals surface area contributed by atoms with Crippen molar-refractivity contribution in [1.82, 2.24) is 19.1 Å². The van der Waals surface area contributed by atoms with Crippen LogP contribution < -0.4 is 21.4 Å². The summed E-state index contributed by atoms with van der Waals surface area (Å²) in [5.41, 5.74) is 0.871. The molecule has 1 fully saturated rings. The highest BCUT2D eigenvalue weighted by molar-refractivity contribution is 5.57. The molecule has 1 aliphatic carbocycles. The number of aryl methyl sites for hydroxylation is 1. The summed E-state index contributed by atoms with van der Waals surface area (Å²) in [6, 6.07) is 12.4. The first-order valence-electron chi connectivity index (χ1n) is 12.0. The van der Waals surface area contributed by atoms with Crippen LogP contribution in [-0.2, 0) is 13.1 Å². The molecule has 3 aromatic rings. The fraction of sp³-hybridized carbons (Fsp3) is 0.423. The maximum Gasteiger partial charge on any atom is 0.354 e. The maximum absolute atomic E-state index is 13.1. The van der Waals surface area contributed by atoms with Crippen LogP contribution in [-0.4, -0.2) is 19.1 Å². The van der Waals surface area contributed by atoms with Gasteiger partial charge in [0, 0.05) is 24.8 Å². The number of benzene rings is 1. The van der Waals surface area contributed by atoms with Crippen molar-refractivity contribution in [3.05, 3.63) is 68.6 Å². The van der Waals surface area contributed by atoms with Gasteiger partial charge in [-0.1, -0.05) is 25.8 Å². The number of nitrogens with one attached hydrogen (secondary N) is 1. The summed E-state index contributed by atoms with van der Waals surface area (Å²) in [6.45, 7) is 6.72. The zero-order valence-electron chi connectivity index (χ0n) is 20.3. The van der Waals surface area contributed by atoms with Crippen molar-refractivity contribution in [3.63, 3.8) is 0 Å². The summed E-state index contributed by atoms with van der Waals surface area (Å²) in [7, 11) is 0. The number of aromatic nitrogens is 4. The third-order valence-electron chi connectivity index (χ3n) is 6.53. The van der Waals surface area contributed by atoms with Gasteiger partial charge in [0.2, 0.25) is 11.8 Å². The number of hydrogen-bond acceptors (Lipinski definition) is 7. The van der Waals surface area contributed by atoms with E-state index in [0.29, 0.717) is 35.7 Å². The topological polar surface area (TPSA) is 115 Å². The van der Waals surface area contributed by atoms with Crippen molar-refractivity contribution in [3.8, 4) is 17.7 Å². The molecule has 0 unspecified atom stereocenters. The van der Waals surface area contributed by atoms with Gasteiger partial charge in [-0.3, -0.25) is 4.57 Å². The summed E-state index contributed by atoms with van der Waals surface area (Å²) in [4.78, 5) is 34.0. The number of ether oxygens (including phenoxy) is 1. The Morgan fingerprint density at radius 1 is 1.11 bits per heavy atom. The molecule has 0 spiro atoms. The Kier molecular flexibility index (Phi) is 7.30. The molecule has 0 atom stereocenters. The minimum atomic E-state index is -0.561. The smallest absolute Gasteiger partial charge is 0.354 e. The molecule has 9 nitrogen and oxygen atoms in total. The van der Waals surface area contributed by atoms with E-state index in [1.165, 1.54) is 4.57 Å². The first kappa shape index (κ1) is 24.2. The molecule has 35 heavy (non-hydrogen) atoms. The van der Waals surface area contributed by atoms with Gasteiger partial charge in [0.05, 0.1) is 0 Å². The molecule has 4 rings (SSSR count). The summed E-state index contributed by atoms with van der Waals surface area (Å²) in [6.07, 6.45) is 4.42. The average molecular weight is 475 g/mol. The van der Waals surface area contributed by atoms with Gasteiger partial charge in [-0.2, -0.15) is 10.2 Å². The quantitative estimate of drug-likeness (QED) is 0.541. The summed E-state index contributed by atoms with van der Waals surface area (Å²) < 4.78 is 8.61. The van der Waals surface area contributed by atoms with E-state index in [4.69, 9.17) is 10.00 Å². The highest BCUT2D eigenvalue weighted by atomic mass is 16.5. The van der Waals surface area contributed by atoms with Gasteiger partial charge >= 0.3 is 11.4 Å². The van der Waals surface area contributed by atoms with Gasteiger partial charge in [0.15, 0.2) is 0 Å². The first-order valence-corrected chi connectivity index (χ1v) is 12.0. The number of rotatable bonds is 7. The van der Waals surface area contributed by atoms with Gasteiger partial charge in [0.25, 0.3) is 0 Å². The van der Waals surface area contributed by atoms with E-state index in [9.17, 15) is 9.59 Å². The number of anilines is 2. The van der Waals surface area contributed by atoms with E-state index >= 15 is 0 Å². The van der Waals surface area contributed by atoms with E-state index in [1.54, 1.807) is 41.8 Å². The molecule has 2 heterocycles. The van der Waals surface area contributed by atoms with Gasteiger partial charge in [-0.25, -0.2) is 19.1 Å². The fourth-order valence-corrected chi connectivity index (χ4v) is 4.45. The second-order valence-corrected chi connectivity index (χ2v) is 9.16. The van der Waals surface area contributed by atoms with Crippen LogP contribution in [0.15, 0.2) is 46.0 Å².